The molecule has 0 radical (unpaired) electrons. The van der Waals surface area contributed by atoms with E-state index in [2.05, 4.69) is 76.2 Å². The van der Waals surface area contributed by atoms with E-state index in [1.54, 1.807) is 0 Å². The van der Waals surface area contributed by atoms with Gasteiger partial charge < -0.3 is 14.4 Å². The molecule has 2 aliphatic heterocycles. The lowest BCUT2D eigenvalue weighted by molar-refractivity contribution is -0.130. The summed E-state index contributed by atoms with van der Waals surface area (Å²) in [5, 5.41) is 1.27. The number of aromatic nitrogens is 1. The van der Waals surface area contributed by atoms with Gasteiger partial charge in [-0.2, -0.15) is 0 Å². The van der Waals surface area contributed by atoms with Gasteiger partial charge in [0, 0.05) is 56.2 Å². The summed E-state index contributed by atoms with van der Waals surface area (Å²) in [7, 11) is 4.06. The zero-order valence-corrected chi connectivity index (χ0v) is 21.7. The van der Waals surface area contributed by atoms with Crippen LogP contribution in [0, 0.1) is 5.92 Å². The predicted molar refractivity (Wildman–Crippen MR) is 144 cm³/mol. The largest absolute Gasteiger partial charge is 0.350 e. The number of allylic oxidation sites excluding steroid dienone is 3. The number of likely N-dealkylation sites (tertiary alicyclic amines) is 2. The minimum Gasteiger partial charge on any atom is -0.350 e. The molecule has 1 unspecified atom stereocenters. The fourth-order valence-corrected chi connectivity index (χ4v) is 6.70. The molecule has 5 nitrogen and oxygen atoms in total. The molecule has 1 amide bonds. The number of amides is 1. The Balaban J connectivity index is 1.11. The van der Waals surface area contributed by atoms with Crippen molar-refractivity contribution in [2.45, 2.75) is 50.5 Å². The molecule has 5 heteroatoms. The molecule has 1 aliphatic carbocycles. The van der Waals surface area contributed by atoms with Gasteiger partial charge in [0.15, 0.2) is 0 Å². The summed E-state index contributed by atoms with van der Waals surface area (Å²) < 4.78 is 2.16. The van der Waals surface area contributed by atoms with Crippen LogP contribution in [-0.4, -0.2) is 77.0 Å². The molecular weight excluding hydrogens is 432 g/mol. The fourth-order valence-electron chi connectivity index (χ4n) is 6.70. The van der Waals surface area contributed by atoms with Crippen molar-refractivity contribution >= 4 is 16.8 Å². The molecule has 2 saturated heterocycles. The number of fused-ring (bicyclic) bond motifs is 1. The zero-order valence-electron chi connectivity index (χ0n) is 21.7. The van der Waals surface area contributed by atoms with Gasteiger partial charge in [0.05, 0.1) is 0 Å². The predicted octanol–water partition coefficient (Wildman–Crippen LogP) is 4.63. The van der Waals surface area contributed by atoms with Crippen LogP contribution < -0.4 is 0 Å². The number of benzene rings is 1. The van der Waals surface area contributed by atoms with Gasteiger partial charge in [-0.05, 0) is 82.3 Å². The second kappa shape index (κ2) is 10.7. The quantitative estimate of drug-likeness (QED) is 0.559. The maximum atomic E-state index is 12.9. The van der Waals surface area contributed by atoms with Crippen LogP contribution in [0.3, 0.4) is 0 Å². The molecule has 1 atom stereocenters. The van der Waals surface area contributed by atoms with E-state index < -0.39 is 0 Å². The van der Waals surface area contributed by atoms with Crippen molar-refractivity contribution in [3.05, 3.63) is 60.3 Å². The average molecular weight is 475 g/mol. The van der Waals surface area contributed by atoms with E-state index >= 15 is 0 Å². The number of piperidine rings is 1. The Morgan fingerprint density at radius 1 is 1.09 bits per heavy atom. The molecule has 0 saturated carbocycles. The third-order valence-electron chi connectivity index (χ3n) is 8.89. The molecule has 3 heterocycles. The van der Waals surface area contributed by atoms with E-state index in [0.29, 0.717) is 17.9 Å². The second-order valence-corrected chi connectivity index (χ2v) is 10.9. The third-order valence-corrected chi connectivity index (χ3v) is 8.89. The molecule has 35 heavy (non-hydrogen) atoms. The summed E-state index contributed by atoms with van der Waals surface area (Å²) in [5.74, 6) is 0.895. The lowest BCUT2D eigenvalue weighted by atomic mass is 9.72. The van der Waals surface area contributed by atoms with Gasteiger partial charge in [-0.3, -0.25) is 9.69 Å². The van der Waals surface area contributed by atoms with Crippen LogP contribution in [0.1, 0.15) is 44.1 Å². The monoisotopic (exact) mass is 474 g/mol. The summed E-state index contributed by atoms with van der Waals surface area (Å²) in [6.45, 7) is 6.61. The van der Waals surface area contributed by atoms with Crippen molar-refractivity contribution in [2.75, 3.05) is 46.3 Å². The summed E-state index contributed by atoms with van der Waals surface area (Å²) >= 11 is 0. The minimum absolute atomic E-state index is 0.250. The van der Waals surface area contributed by atoms with E-state index in [4.69, 9.17) is 0 Å². The zero-order chi connectivity index (χ0) is 24.3. The van der Waals surface area contributed by atoms with E-state index in [9.17, 15) is 4.79 Å². The van der Waals surface area contributed by atoms with Crippen molar-refractivity contribution in [3.63, 3.8) is 0 Å². The molecule has 0 spiro atoms. The molecule has 1 aromatic carbocycles. The maximum absolute atomic E-state index is 12.9. The van der Waals surface area contributed by atoms with Crippen molar-refractivity contribution in [2.24, 2.45) is 13.0 Å². The summed E-state index contributed by atoms with van der Waals surface area (Å²) in [6, 6.07) is 8.46. The van der Waals surface area contributed by atoms with Crippen molar-refractivity contribution < 1.29 is 4.79 Å². The molecule has 0 bridgehead atoms. The van der Waals surface area contributed by atoms with Crippen LogP contribution in [0.25, 0.3) is 10.9 Å². The van der Waals surface area contributed by atoms with Gasteiger partial charge in [0.2, 0.25) is 5.91 Å². The lowest BCUT2D eigenvalue weighted by Crippen LogP contribution is -2.58. The van der Waals surface area contributed by atoms with Gasteiger partial charge in [-0.1, -0.05) is 42.5 Å². The Morgan fingerprint density at radius 2 is 1.86 bits per heavy atom. The Morgan fingerprint density at radius 3 is 2.60 bits per heavy atom. The number of hydrogen-bond acceptors (Lipinski definition) is 3. The van der Waals surface area contributed by atoms with Crippen LogP contribution in [0.2, 0.25) is 0 Å². The number of carbonyl (C=O) groups excluding carboxylic acids is 1. The number of para-hydroxylation sites is 1. The number of likely N-dealkylation sites (N-methyl/N-ethyl adjacent to an activating group) is 1. The highest BCUT2D eigenvalue weighted by atomic mass is 16.2. The first-order valence-electron chi connectivity index (χ1n) is 13.6. The highest BCUT2D eigenvalue weighted by Gasteiger charge is 2.45. The van der Waals surface area contributed by atoms with Gasteiger partial charge >= 0.3 is 0 Å². The highest BCUT2D eigenvalue weighted by Crippen LogP contribution is 2.41. The topological polar surface area (TPSA) is 31.7 Å². The molecule has 1 aromatic heterocycles. The SMILES string of the molecule is CN(CCN1CCC(C2C=CC=CC2)(N2CCCC2)CC1)C(=O)CCc1cn(C)c2ccccc12. The number of aryl methyl sites for hydroxylation is 2. The van der Waals surface area contributed by atoms with Crippen LogP contribution >= 0.6 is 0 Å². The Bertz CT molecular complexity index is 1070. The van der Waals surface area contributed by atoms with Crippen LogP contribution in [0.4, 0.5) is 0 Å². The van der Waals surface area contributed by atoms with Crippen molar-refractivity contribution in [1.82, 2.24) is 19.3 Å². The van der Waals surface area contributed by atoms with Gasteiger partial charge in [0.1, 0.15) is 0 Å². The Kier molecular flexibility index (Phi) is 7.45. The van der Waals surface area contributed by atoms with Gasteiger partial charge in [-0.15, -0.1) is 0 Å². The number of rotatable bonds is 8. The smallest absolute Gasteiger partial charge is 0.222 e. The van der Waals surface area contributed by atoms with Crippen molar-refractivity contribution in [1.29, 1.82) is 0 Å². The first kappa shape index (κ1) is 24.3. The van der Waals surface area contributed by atoms with Crippen LogP contribution in [0.5, 0.6) is 0 Å². The van der Waals surface area contributed by atoms with Gasteiger partial charge in [-0.25, -0.2) is 0 Å². The fraction of sp³-hybridized carbons (Fsp3) is 0.567. The van der Waals surface area contributed by atoms with E-state index in [1.165, 1.54) is 61.7 Å². The van der Waals surface area contributed by atoms with E-state index in [0.717, 1.165) is 32.6 Å². The standard InChI is InChI=1S/C30H42N4O/c1-31(29(35)15-14-25-24-32(2)28-13-7-6-12-27(25)28)22-23-33-20-16-30(17-21-33,34-18-8-9-19-34)26-10-4-3-5-11-26/h3-7,10,12-13,24,26H,8-9,11,14-23H2,1-2H3. The lowest BCUT2D eigenvalue weighted by Gasteiger charge is -2.51. The van der Waals surface area contributed by atoms with E-state index in [1.807, 2.05) is 11.9 Å². The molecule has 2 aromatic rings. The Labute approximate surface area is 211 Å². The molecule has 0 N–H and O–H groups in total. The molecule has 5 rings (SSSR count). The number of nitrogens with zero attached hydrogens (tertiary/aromatic N) is 4. The average Bonchev–Trinajstić information content (AvgIpc) is 3.56. The first-order chi connectivity index (χ1) is 17.1. The Hall–Kier alpha value is -2.37. The van der Waals surface area contributed by atoms with E-state index in [-0.39, 0.29) is 5.91 Å². The maximum Gasteiger partial charge on any atom is 0.222 e. The van der Waals surface area contributed by atoms with Crippen LogP contribution in [-0.2, 0) is 18.3 Å². The molecular formula is C30H42N4O. The highest BCUT2D eigenvalue weighted by molar-refractivity contribution is 5.84. The molecule has 188 valence electrons. The van der Waals surface area contributed by atoms with Crippen LogP contribution in [0.15, 0.2) is 54.8 Å². The number of hydrogen-bond donors (Lipinski definition) is 0. The normalized spacial score (nSPS) is 22.7. The van der Waals surface area contributed by atoms with Crippen molar-refractivity contribution in [3.8, 4) is 0 Å². The summed E-state index contributed by atoms with van der Waals surface area (Å²) in [5.41, 5.74) is 2.83. The summed E-state index contributed by atoms with van der Waals surface area (Å²) in [6.07, 6.45) is 19.2. The molecule has 2 fully saturated rings. The minimum atomic E-state index is 0.250. The number of carbonyl (C=O) groups is 1. The second-order valence-electron chi connectivity index (χ2n) is 10.9. The van der Waals surface area contributed by atoms with Gasteiger partial charge in [0.25, 0.3) is 0 Å². The first-order valence-corrected chi connectivity index (χ1v) is 13.6. The summed E-state index contributed by atoms with van der Waals surface area (Å²) in [4.78, 5) is 20.3. The third kappa shape index (κ3) is 5.12. The molecule has 3 aliphatic rings.